The first-order valence-electron chi connectivity index (χ1n) is 6.12. The van der Waals surface area contributed by atoms with Crippen molar-refractivity contribution in [3.05, 3.63) is 23.4 Å². The van der Waals surface area contributed by atoms with Crippen molar-refractivity contribution in [2.24, 2.45) is 0 Å². The van der Waals surface area contributed by atoms with Gasteiger partial charge >= 0.3 is 0 Å². The van der Waals surface area contributed by atoms with Crippen LogP contribution in [0.5, 0.6) is 0 Å². The fourth-order valence-corrected chi connectivity index (χ4v) is 2.04. The van der Waals surface area contributed by atoms with E-state index in [0.717, 1.165) is 18.2 Å². The normalized spacial score (nSPS) is 15.6. The molecule has 1 heterocycles. The SMILES string of the molecule is CCCCCCCCN1CC=CC=C1Cl. The molecule has 1 aliphatic rings. The van der Waals surface area contributed by atoms with Gasteiger partial charge in [-0.1, -0.05) is 62.8 Å². The summed E-state index contributed by atoms with van der Waals surface area (Å²) in [7, 11) is 0. The van der Waals surface area contributed by atoms with Gasteiger partial charge in [0.05, 0.1) is 0 Å². The molecular weight excluding hydrogens is 206 g/mol. The van der Waals surface area contributed by atoms with E-state index < -0.39 is 0 Å². The summed E-state index contributed by atoms with van der Waals surface area (Å²) in [5.74, 6) is 0. The van der Waals surface area contributed by atoms with Crippen molar-refractivity contribution < 1.29 is 0 Å². The van der Waals surface area contributed by atoms with Crippen molar-refractivity contribution in [2.75, 3.05) is 13.1 Å². The molecule has 0 fully saturated rings. The molecule has 0 bridgehead atoms. The van der Waals surface area contributed by atoms with Crippen molar-refractivity contribution in [3.63, 3.8) is 0 Å². The molecule has 0 atom stereocenters. The molecule has 1 aliphatic heterocycles. The minimum atomic E-state index is 0.894. The van der Waals surface area contributed by atoms with E-state index in [9.17, 15) is 0 Å². The highest BCUT2D eigenvalue weighted by Crippen LogP contribution is 2.15. The first-order valence-corrected chi connectivity index (χ1v) is 6.49. The Morgan fingerprint density at radius 2 is 1.93 bits per heavy atom. The average molecular weight is 228 g/mol. The Labute approximate surface area is 98.8 Å². The van der Waals surface area contributed by atoms with Crippen molar-refractivity contribution >= 4 is 11.6 Å². The van der Waals surface area contributed by atoms with Gasteiger partial charge < -0.3 is 4.90 Å². The van der Waals surface area contributed by atoms with Gasteiger partial charge in [0, 0.05) is 13.1 Å². The van der Waals surface area contributed by atoms with Gasteiger partial charge in [0.15, 0.2) is 0 Å². The Bertz CT molecular complexity index is 221. The Kier molecular flexibility index (Phi) is 6.58. The predicted molar refractivity (Wildman–Crippen MR) is 68.0 cm³/mol. The molecule has 0 saturated carbocycles. The number of nitrogens with zero attached hydrogens (tertiary/aromatic N) is 1. The van der Waals surface area contributed by atoms with Crippen LogP contribution in [-0.2, 0) is 0 Å². The molecule has 2 heteroatoms. The Morgan fingerprint density at radius 3 is 2.67 bits per heavy atom. The van der Waals surface area contributed by atoms with Crippen LogP contribution in [0.2, 0.25) is 0 Å². The molecule has 0 unspecified atom stereocenters. The standard InChI is InChI=1S/C13H22ClN/c1-2-3-4-5-6-8-11-15-12-9-7-10-13(15)14/h7,9-10H,2-6,8,11-12H2,1H3. The second-order valence-corrected chi connectivity index (χ2v) is 4.52. The van der Waals surface area contributed by atoms with Crippen LogP contribution in [0.4, 0.5) is 0 Å². The highest BCUT2D eigenvalue weighted by atomic mass is 35.5. The van der Waals surface area contributed by atoms with Crippen molar-refractivity contribution in [1.82, 2.24) is 4.90 Å². The Morgan fingerprint density at radius 1 is 1.20 bits per heavy atom. The van der Waals surface area contributed by atoms with Gasteiger partial charge in [0.2, 0.25) is 0 Å². The molecule has 0 N–H and O–H groups in total. The zero-order valence-corrected chi connectivity index (χ0v) is 10.5. The van der Waals surface area contributed by atoms with Crippen LogP contribution in [0.15, 0.2) is 23.4 Å². The lowest BCUT2D eigenvalue weighted by molar-refractivity contribution is 0.382. The van der Waals surface area contributed by atoms with E-state index in [1.54, 1.807) is 0 Å². The van der Waals surface area contributed by atoms with E-state index in [1.165, 1.54) is 38.5 Å². The first kappa shape index (κ1) is 12.6. The molecular formula is C13H22ClN. The summed E-state index contributed by atoms with van der Waals surface area (Å²) in [6.45, 7) is 4.33. The van der Waals surface area contributed by atoms with Crippen LogP contribution in [0.1, 0.15) is 45.4 Å². The third-order valence-corrected chi connectivity index (χ3v) is 3.14. The fraction of sp³-hybridized carbons (Fsp3) is 0.692. The number of unbranched alkanes of at least 4 members (excludes halogenated alkanes) is 5. The first-order chi connectivity index (χ1) is 7.34. The molecule has 0 amide bonds. The van der Waals surface area contributed by atoms with Crippen LogP contribution in [0.3, 0.4) is 0 Å². The molecule has 0 spiro atoms. The van der Waals surface area contributed by atoms with Crippen LogP contribution < -0.4 is 0 Å². The molecule has 0 aromatic carbocycles. The summed E-state index contributed by atoms with van der Waals surface area (Å²) in [5, 5.41) is 0.894. The summed E-state index contributed by atoms with van der Waals surface area (Å²) >= 11 is 6.08. The van der Waals surface area contributed by atoms with Gasteiger partial charge in [0.25, 0.3) is 0 Å². The quantitative estimate of drug-likeness (QED) is 0.463. The summed E-state index contributed by atoms with van der Waals surface area (Å²) in [6, 6.07) is 0. The van der Waals surface area contributed by atoms with Gasteiger partial charge in [-0.2, -0.15) is 0 Å². The molecule has 86 valence electrons. The number of halogens is 1. The summed E-state index contributed by atoms with van der Waals surface area (Å²) in [5.41, 5.74) is 0. The van der Waals surface area contributed by atoms with E-state index in [4.69, 9.17) is 11.6 Å². The largest absolute Gasteiger partial charge is 0.359 e. The monoisotopic (exact) mass is 227 g/mol. The number of hydrogen-bond acceptors (Lipinski definition) is 1. The molecule has 0 radical (unpaired) electrons. The molecule has 15 heavy (non-hydrogen) atoms. The summed E-state index contributed by atoms with van der Waals surface area (Å²) in [4.78, 5) is 2.24. The van der Waals surface area contributed by atoms with Crippen LogP contribution in [0.25, 0.3) is 0 Å². The van der Waals surface area contributed by atoms with E-state index in [1.807, 2.05) is 12.2 Å². The number of rotatable bonds is 7. The average Bonchev–Trinajstić information content (AvgIpc) is 2.25. The summed E-state index contributed by atoms with van der Waals surface area (Å²) in [6.07, 6.45) is 14.2. The lowest BCUT2D eigenvalue weighted by atomic mass is 10.1. The molecule has 0 aliphatic carbocycles. The topological polar surface area (TPSA) is 3.24 Å². The number of allylic oxidation sites excluding steroid dienone is 2. The number of hydrogen-bond donors (Lipinski definition) is 0. The Hall–Kier alpha value is -0.430. The predicted octanol–water partition coefficient (Wildman–Crippen LogP) is 4.30. The molecule has 1 rings (SSSR count). The van der Waals surface area contributed by atoms with E-state index in [-0.39, 0.29) is 0 Å². The fourth-order valence-electron chi connectivity index (χ4n) is 1.81. The van der Waals surface area contributed by atoms with Gasteiger partial charge in [-0.05, 0) is 12.5 Å². The van der Waals surface area contributed by atoms with Crippen molar-refractivity contribution in [2.45, 2.75) is 45.4 Å². The van der Waals surface area contributed by atoms with Gasteiger partial charge in [-0.15, -0.1) is 0 Å². The van der Waals surface area contributed by atoms with Gasteiger partial charge in [-0.3, -0.25) is 0 Å². The van der Waals surface area contributed by atoms with Crippen LogP contribution in [0, 0.1) is 0 Å². The minimum absolute atomic E-state index is 0.894. The zero-order chi connectivity index (χ0) is 10.9. The highest BCUT2D eigenvalue weighted by molar-refractivity contribution is 6.29. The van der Waals surface area contributed by atoms with Gasteiger partial charge in [-0.25, -0.2) is 0 Å². The van der Waals surface area contributed by atoms with E-state index >= 15 is 0 Å². The molecule has 1 nitrogen and oxygen atoms in total. The third-order valence-electron chi connectivity index (χ3n) is 2.78. The second kappa shape index (κ2) is 7.81. The Balaban J connectivity index is 2.00. The minimum Gasteiger partial charge on any atom is -0.359 e. The molecule has 0 saturated heterocycles. The van der Waals surface area contributed by atoms with Crippen LogP contribution in [-0.4, -0.2) is 18.0 Å². The molecule has 0 aromatic heterocycles. The highest BCUT2D eigenvalue weighted by Gasteiger charge is 2.06. The maximum atomic E-state index is 6.08. The maximum Gasteiger partial charge on any atom is 0.105 e. The third kappa shape index (κ3) is 5.27. The van der Waals surface area contributed by atoms with E-state index in [0.29, 0.717) is 0 Å². The zero-order valence-electron chi connectivity index (χ0n) is 9.71. The van der Waals surface area contributed by atoms with Gasteiger partial charge in [0.1, 0.15) is 5.16 Å². The lowest BCUT2D eigenvalue weighted by Crippen LogP contribution is -2.23. The maximum absolute atomic E-state index is 6.08. The van der Waals surface area contributed by atoms with Crippen LogP contribution >= 0.6 is 11.6 Å². The second-order valence-electron chi connectivity index (χ2n) is 4.13. The summed E-state index contributed by atoms with van der Waals surface area (Å²) < 4.78 is 0. The molecule has 0 aromatic rings. The van der Waals surface area contributed by atoms with E-state index in [2.05, 4.69) is 17.9 Å². The van der Waals surface area contributed by atoms with Crippen molar-refractivity contribution in [3.8, 4) is 0 Å². The van der Waals surface area contributed by atoms with Crippen molar-refractivity contribution in [1.29, 1.82) is 0 Å². The lowest BCUT2D eigenvalue weighted by Gasteiger charge is -2.24. The smallest absolute Gasteiger partial charge is 0.105 e.